The molecule has 0 spiro atoms. The van der Waals surface area contributed by atoms with Crippen LogP contribution in [-0.2, 0) is 21.4 Å². The number of fused-ring (bicyclic) bond motifs is 1. The number of nitro groups is 1. The Kier molecular flexibility index (Phi) is 4.81. The molecular weight excluding hydrogens is 379 g/mol. The predicted molar refractivity (Wildman–Crippen MR) is 93.6 cm³/mol. The second-order valence-corrected chi connectivity index (χ2v) is 7.87. The molecule has 142 valence electrons. The number of amides is 1. The van der Waals surface area contributed by atoms with E-state index in [0.717, 1.165) is 16.4 Å². The monoisotopic (exact) mass is 394 g/mol. The molecule has 2 aromatic rings. The summed E-state index contributed by atoms with van der Waals surface area (Å²) in [6.45, 7) is -0.651. The molecule has 1 aliphatic heterocycles. The second-order valence-electron chi connectivity index (χ2n) is 5.96. The van der Waals surface area contributed by atoms with Gasteiger partial charge in [-0.2, -0.15) is 4.31 Å². The molecule has 9 nitrogen and oxygen atoms in total. The van der Waals surface area contributed by atoms with Gasteiger partial charge in [-0.15, -0.1) is 0 Å². The maximum absolute atomic E-state index is 13.7. The molecule has 3 rings (SSSR count). The van der Waals surface area contributed by atoms with Gasteiger partial charge in [0.15, 0.2) is 0 Å². The summed E-state index contributed by atoms with van der Waals surface area (Å²) in [6.07, 6.45) is 0. The number of rotatable bonds is 5. The SMILES string of the molecule is NC(=O)CN1CN(Cc2cccc([N+](=O)[O-])c2)S(=O)(=O)c2cc(F)ccc21. The van der Waals surface area contributed by atoms with Crippen LogP contribution in [0.4, 0.5) is 15.8 Å². The summed E-state index contributed by atoms with van der Waals surface area (Å²) in [6, 6.07) is 8.78. The van der Waals surface area contributed by atoms with Crippen LogP contribution in [-0.4, -0.2) is 36.8 Å². The van der Waals surface area contributed by atoms with Crippen LogP contribution in [0.3, 0.4) is 0 Å². The van der Waals surface area contributed by atoms with E-state index >= 15 is 0 Å². The van der Waals surface area contributed by atoms with Gasteiger partial charge in [-0.25, -0.2) is 12.8 Å². The van der Waals surface area contributed by atoms with Gasteiger partial charge in [-0.1, -0.05) is 12.1 Å². The van der Waals surface area contributed by atoms with Crippen LogP contribution in [0.15, 0.2) is 47.4 Å². The Morgan fingerprint density at radius 3 is 2.67 bits per heavy atom. The zero-order chi connectivity index (χ0) is 19.8. The van der Waals surface area contributed by atoms with Gasteiger partial charge in [-0.05, 0) is 23.8 Å². The highest BCUT2D eigenvalue weighted by Gasteiger charge is 2.36. The summed E-state index contributed by atoms with van der Waals surface area (Å²) in [5.41, 5.74) is 5.61. The number of hydrogen-bond acceptors (Lipinski definition) is 6. The first-order chi connectivity index (χ1) is 12.7. The molecule has 0 saturated heterocycles. The molecule has 2 N–H and O–H groups in total. The van der Waals surface area contributed by atoms with Crippen molar-refractivity contribution in [2.75, 3.05) is 18.1 Å². The summed E-state index contributed by atoms with van der Waals surface area (Å²) in [4.78, 5) is 22.8. The van der Waals surface area contributed by atoms with E-state index < -0.39 is 26.7 Å². The number of carbonyl (C=O) groups is 1. The summed E-state index contributed by atoms with van der Waals surface area (Å²) >= 11 is 0. The molecule has 0 saturated carbocycles. The van der Waals surface area contributed by atoms with Crippen molar-refractivity contribution in [3.63, 3.8) is 0 Å². The molecule has 2 aromatic carbocycles. The molecular formula is C16H15FN4O5S. The van der Waals surface area contributed by atoms with E-state index in [0.29, 0.717) is 5.56 Å². The van der Waals surface area contributed by atoms with Crippen molar-refractivity contribution in [3.05, 3.63) is 64.0 Å². The predicted octanol–water partition coefficient (Wildman–Crippen LogP) is 1.19. The first-order valence-electron chi connectivity index (χ1n) is 7.75. The molecule has 1 amide bonds. The van der Waals surface area contributed by atoms with Crippen molar-refractivity contribution in [1.29, 1.82) is 0 Å². The zero-order valence-corrected chi connectivity index (χ0v) is 14.7. The molecule has 0 bridgehead atoms. The average Bonchev–Trinajstić information content (AvgIpc) is 2.59. The summed E-state index contributed by atoms with van der Waals surface area (Å²) < 4.78 is 40.5. The van der Waals surface area contributed by atoms with Gasteiger partial charge >= 0.3 is 0 Å². The lowest BCUT2D eigenvalue weighted by atomic mass is 10.2. The number of nitrogens with zero attached hydrogens (tertiary/aromatic N) is 3. The molecule has 1 aliphatic rings. The maximum atomic E-state index is 13.7. The highest BCUT2D eigenvalue weighted by molar-refractivity contribution is 7.89. The molecule has 0 radical (unpaired) electrons. The molecule has 1 heterocycles. The number of hydrogen-bond donors (Lipinski definition) is 1. The van der Waals surface area contributed by atoms with Crippen molar-refractivity contribution < 1.29 is 22.5 Å². The summed E-state index contributed by atoms with van der Waals surface area (Å²) in [5, 5.41) is 10.9. The zero-order valence-electron chi connectivity index (χ0n) is 13.9. The first kappa shape index (κ1) is 18.7. The van der Waals surface area contributed by atoms with Gasteiger partial charge < -0.3 is 10.6 Å². The minimum atomic E-state index is -4.08. The van der Waals surface area contributed by atoms with Gasteiger partial charge in [0.25, 0.3) is 5.69 Å². The molecule has 0 atom stereocenters. The Morgan fingerprint density at radius 2 is 2.00 bits per heavy atom. The fourth-order valence-electron chi connectivity index (χ4n) is 2.87. The van der Waals surface area contributed by atoms with E-state index in [1.54, 1.807) is 6.07 Å². The second kappa shape index (κ2) is 6.93. The van der Waals surface area contributed by atoms with E-state index in [1.807, 2.05) is 0 Å². The van der Waals surface area contributed by atoms with Gasteiger partial charge in [-0.3, -0.25) is 14.9 Å². The number of nitro benzene ring substituents is 1. The molecule has 0 aromatic heterocycles. The number of anilines is 1. The molecule has 11 heteroatoms. The Balaban J connectivity index is 2.02. The number of benzene rings is 2. The third-order valence-corrected chi connectivity index (χ3v) is 5.84. The number of non-ortho nitro benzene ring substituents is 1. The van der Waals surface area contributed by atoms with Gasteiger partial charge in [0.2, 0.25) is 15.9 Å². The number of carbonyl (C=O) groups excluding carboxylic acids is 1. The van der Waals surface area contributed by atoms with Crippen molar-refractivity contribution in [3.8, 4) is 0 Å². The van der Waals surface area contributed by atoms with E-state index in [2.05, 4.69) is 0 Å². The highest BCUT2D eigenvalue weighted by Crippen LogP contribution is 2.34. The Hall–Kier alpha value is -3.05. The minimum Gasteiger partial charge on any atom is -0.368 e. The third-order valence-electron chi connectivity index (χ3n) is 4.04. The van der Waals surface area contributed by atoms with E-state index in [1.165, 1.54) is 29.2 Å². The van der Waals surface area contributed by atoms with Crippen molar-refractivity contribution in [2.24, 2.45) is 5.73 Å². The average molecular weight is 394 g/mol. The van der Waals surface area contributed by atoms with Gasteiger partial charge in [0.05, 0.1) is 23.8 Å². The van der Waals surface area contributed by atoms with E-state index in [4.69, 9.17) is 5.73 Å². The van der Waals surface area contributed by atoms with Crippen LogP contribution >= 0.6 is 0 Å². The number of sulfonamides is 1. The van der Waals surface area contributed by atoms with Crippen LogP contribution in [0.2, 0.25) is 0 Å². The van der Waals surface area contributed by atoms with Crippen LogP contribution in [0.5, 0.6) is 0 Å². The quantitative estimate of drug-likeness (QED) is 0.599. The smallest absolute Gasteiger partial charge is 0.269 e. The van der Waals surface area contributed by atoms with Gasteiger partial charge in [0, 0.05) is 18.7 Å². The highest BCUT2D eigenvalue weighted by atomic mass is 32.2. The van der Waals surface area contributed by atoms with E-state index in [9.17, 15) is 27.7 Å². The summed E-state index contributed by atoms with van der Waals surface area (Å²) in [7, 11) is -4.08. The standard InChI is InChI=1S/C16H15FN4O5S/c17-12-4-5-14-15(7-12)27(25,26)20(10-19(14)9-16(18)22)8-11-2-1-3-13(6-11)21(23)24/h1-7H,8-10H2,(H2,18,22). The molecule has 27 heavy (non-hydrogen) atoms. The number of nitrogens with two attached hydrogens (primary N) is 1. The lowest BCUT2D eigenvalue weighted by Gasteiger charge is -2.37. The van der Waals surface area contributed by atoms with E-state index in [-0.39, 0.29) is 36.0 Å². The summed E-state index contributed by atoms with van der Waals surface area (Å²) in [5.74, 6) is -1.42. The molecule has 0 aliphatic carbocycles. The Morgan fingerprint density at radius 1 is 1.26 bits per heavy atom. The Labute approximate surface area is 154 Å². The third kappa shape index (κ3) is 3.73. The largest absolute Gasteiger partial charge is 0.368 e. The number of halogens is 1. The Bertz CT molecular complexity index is 1030. The minimum absolute atomic E-state index is 0.172. The van der Waals surface area contributed by atoms with Crippen molar-refractivity contribution in [2.45, 2.75) is 11.4 Å². The van der Waals surface area contributed by atoms with Crippen LogP contribution < -0.4 is 10.6 Å². The fraction of sp³-hybridized carbons (Fsp3) is 0.188. The van der Waals surface area contributed by atoms with Crippen LogP contribution in [0.25, 0.3) is 0 Å². The maximum Gasteiger partial charge on any atom is 0.269 e. The topological polar surface area (TPSA) is 127 Å². The molecule has 0 fully saturated rings. The van der Waals surface area contributed by atoms with Crippen LogP contribution in [0, 0.1) is 15.9 Å². The van der Waals surface area contributed by atoms with Crippen molar-refractivity contribution >= 4 is 27.3 Å². The number of primary amides is 1. The molecule has 0 unspecified atom stereocenters. The first-order valence-corrected chi connectivity index (χ1v) is 9.19. The van der Waals surface area contributed by atoms with Crippen LogP contribution in [0.1, 0.15) is 5.56 Å². The van der Waals surface area contributed by atoms with Gasteiger partial charge in [0.1, 0.15) is 10.7 Å². The van der Waals surface area contributed by atoms with Crippen molar-refractivity contribution in [1.82, 2.24) is 4.31 Å². The lowest BCUT2D eigenvalue weighted by Crippen LogP contribution is -2.48. The lowest BCUT2D eigenvalue weighted by molar-refractivity contribution is -0.384. The normalized spacial score (nSPS) is 16.0. The fourth-order valence-corrected chi connectivity index (χ4v) is 4.48.